The van der Waals surface area contributed by atoms with Crippen molar-refractivity contribution in [1.29, 1.82) is 0 Å². The minimum atomic E-state index is 1.16. The van der Waals surface area contributed by atoms with Crippen LogP contribution in [0.2, 0.25) is 0 Å². The molecule has 0 spiro atoms. The molecule has 0 aromatic carbocycles. The molecule has 0 aliphatic heterocycles. The van der Waals surface area contributed by atoms with Gasteiger partial charge in [0.15, 0.2) is 0 Å². The molecule has 0 atom stereocenters. The SMILES string of the molecule is C/C=C(\C=C/S)CCC. The second-order valence-electron chi connectivity index (χ2n) is 1.93. The molecule has 0 aromatic rings. The zero-order chi connectivity index (χ0) is 7.11. The summed E-state index contributed by atoms with van der Waals surface area (Å²) in [6.45, 7) is 4.23. The Bertz CT molecular complexity index is 112. The lowest BCUT2D eigenvalue weighted by molar-refractivity contribution is 0.924. The maximum absolute atomic E-state index is 3.99. The van der Waals surface area contributed by atoms with E-state index in [0.29, 0.717) is 0 Å². The highest BCUT2D eigenvalue weighted by atomic mass is 32.1. The first kappa shape index (κ1) is 8.83. The van der Waals surface area contributed by atoms with Gasteiger partial charge in [0.1, 0.15) is 0 Å². The summed E-state index contributed by atoms with van der Waals surface area (Å²) in [5, 5.41) is 1.78. The first-order chi connectivity index (χ1) is 4.35. The molecule has 52 valence electrons. The van der Waals surface area contributed by atoms with Crippen molar-refractivity contribution in [3.05, 3.63) is 23.1 Å². The lowest BCUT2D eigenvalue weighted by Crippen LogP contribution is -1.73. The normalized spacial score (nSPS) is 13.0. The highest BCUT2D eigenvalue weighted by molar-refractivity contribution is 7.83. The molecular weight excluding hydrogens is 128 g/mol. The van der Waals surface area contributed by atoms with E-state index in [1.165, 1.54) is 12.0 Å². The quantitative estimate of drug-likeness (QED) is 0.454. The average Bonchev–Trinajstić information content (AvgIpc) is 1.88. The van der Waals surface area contributed by atoms with E-state index in [2.05, 4.69) is 32.6 Å². The van der Waals surface area contributed by atoms with Gasteiger partial charge in [-0.15, -0.1) is 0 Å². The van der Waals surface area contributed by atoms with Gasteiger partial charge in [0, 0.05) is 0 Å². The molecule has 0 nitrogen and oxygen atoms in total. The molecule has 0 rings (SSSR count). The third-order valence-electron chi connectivity index (χ3n) is 1.20. The lowest BCUT2D eigenvalue weighted by atomic mass is 10.1. The summed E-state index contributed by atoms with van der Waals surface area (Å²) in [7, 11) is 0. The van der Waals surface area contributed by atoms with Crippen LogP contribution in [0.4, 0.5) is 0 Å². The van der Waals surface area contributed by atoms with E-state index in [4.69, 9.17) is 0 Å². The third-order valence-corrected chi connectivity index (χ3v) is 1.35. The topological polar surface area (TPSA) is 0 Å². The Hall–Kier alpha value is -0.170. The molecule has 0 saturated heterocycles. The monoisotopic (exact) mass is 142 g/mol. The van der Waals surface area contributed by atoms with Gasteiger partial charge in [-0.2, -0.15) is 12.6 Å². The van der Waals surface area contributed by atoms with Gasteiger partial charge >= 0.3 is 0 Å². The number of thiol groups is 1. The van der Waals surface area contributed by atoms with Crippen LogP contribution in [0.25, 0.3) is 0 Å². The van der Waals surface area contributed by atoms with Gasteiger partial charge in [-0.05, 0) is 18.8 Å². The van der Waals surface area contributed by atoms with Crippen molar-refractivity contribution in [2.45, 2.75) is 26.7 Å². The van der Waals surface area contributed by atoms with Crippen molar-refractivity contribution in [2.24, 2.45) is 0 Å². The molecule has 0 amide bonds. The van der Waals surface area contributed by atoms with Crippen LogP contribution in [-0.2, 0) is 0 Å². The zero-order valence-electron chi connectivity index (χ0n) is 6.09. The van der Waals surface area contributed by atoms with Gasteiger partial charge in [0.2, 0.25) is 0 Å². The van der Waals surface area contributed by atoms with Crippen LogP contribution >= 0.6 is 12.6 Å². The standard InChI is InChI=1S/C8H14S/c1-3-5-8(4-2)6-7-9/h4,6-7,9H,3,5H2,1-2H3/b7-6-,8-4-. The summed E-state index contributed by atoms with van der Waals surface area (Å²) >= 11 is 3.99. The zero-order valence-corrected chi connectivity index (χ0v) is 6.99. The van der Waals surface area contributed by atoms with Gasteiger partial charge in [0.05, 0.1) is 0 Å². The van der Waals surface area contributed by atoms with E-state index in [-0.39, 0.29) is 0 Å². The molecule has 0 radical (unpaired) electrons. The number of hydrogen-bond acceptors (Lipinski definition) is 1. The number of rotatable bonds is 3. The van der Waals surface area contributed by atoms with E-state index in [9.17, 15) is 0 Å². The smallest absolute Gasteiger partial charge is 0.0285 e. The van der Waals surface area contributed by atoms with E-state index in [0.717, 1.165) is 6.42 Å². The van der Waals surface area contributed by atoms with E-state index >= 15 is 0 Å². The minimum absolute atomic E-state index is 1.16. The van der Waals surface area contributed by atoms with Crippen molar-refractivity contribution >= 4 is 12.6 Å². The van der Waals surface area contributed by atoms with Crippen LogP contribution in [0.5, 0.6) is 0 Å². The van der Waals surface area contributed by atoms with Gasteiger partial charge in [0.25, 0.3) is 0 Å². The summed E-state index contributed by atoms with van der Waals surface area (Å²) in [5.74, 6) is 0. The minimum Gasteiger partial charge on any atom is -0.151 e. The fraction of sp³-hybridized carbons (Fsp3) is 0.500. The molecule has 0 aliphatic rings. The van der Waals surface area contributed by atoms with Crippen molar-refractivity contribution in [2.75, 3.05) is 0 Å². The fourth-order valence-corrected chi connectivity index (χ4v) is 0.900. The first-order valence-corrected chi connectivity index (χ1v) is 3.82. The van der Waals surface area contributed by atoms with Crippen LogP contribution in [-0.4, -0.2) is 0 Å². The lowest BCUT2D eigenvalue weighted by Gasteiger charge is -1.94. The highest BCUT2D eigenvalue weighted by Crippen LogP contribution is 2.05. The molecule has 0 unspecified atom stereocenters. The van der Waals surface area contributed by atoms with Crippen molar-refractivity contribution in [1.82, 2.24) is 0 Å². The Kier molecular flexibility index (Phi) is 5.85. The van der Waals surface area contributed by atoms with E-state index in [1.807, 2.05) is 6.08 Å². The highest BCUT2D eigenvalue weighted by Gasteiger charge is 1.84. The van der Waals surface area contributed by atoms with E-state index < -0.39 is 0 Å². The predicted octanol–water partition coefficient (Wildman–Crippen LogP) is 3.18. The Balaban J connectivity index is 3.70. The Morgan fingerprint density at radius 1 is 1.56 bits per heavy atom. The van der Waals surface area contributed by atoms with Gasteiger partial charge < -0.3 is 0 Å². The molecule has 1 heteroatoms. The average molecular weight is 142 g/mol. The van der Waals surface area contributed by atoms with Gasteiger partial charge in [-0.25, -0.2) is 0 Å². The summed E-state index contributed by atoms with van der Waals surface area (Å²) < 4.78 is 0. The molecule has 9 heavy (non-hydrogen) atoms. The van der Waals surface area contributed by atoms with E-state index in [1.54, 1.807) is 5.41 Å². The summed E-state index contributed by atoms with van der Waals surface area (Å²) in [4.78, 5) is 0. The van der Waals surface area contributed by atoms with Crippen LogP contribution in [0.15, 0.2) is 23.1 Å². The Morgan fingerprint density at radius 2 is 2.22 bits per heavy atom. The van der Waals surface area contributed by atoms with Crippen LogP contribution in [0.1, 0.15) is 26.7 Å². The van der Waals surface area contributed by atoms with Gasteiger partial charge in [-0.3, -0.25) is 0 Å². The fourth-order valence-electron chi connectivity index (χ4n) is 0.708. The maximum Gasteiger partial charge on any atom is -0.0285 e. The largest absolute Gasteiger partial charge is 0.151 e. The summed E-state index contributed by atoms with van der Waals surface area (Å²) in [6.07, 6.45) is 6.52. The molecule has 0 aromatic heterocycles. The molecule has 0 heterocycles. The van der Waals surface area contributed by atoms with Crippen molar-refractivity contribution in [3.8, 4) is 0 Å². The molecule has 0 aliphatic carbocycles. The number of allylic oxidation sites excluding steroid dienone is 3. The molecule has 0 N–H and O–H groups in total. The third kappa shape index (κ3) is 4.34. The van der Waals surface area contributed by atoms with Gasteiger partial charge in [-0.1, -0.05) is 31.1 Å². The molecule has 0 fully saturated rings. The van der Waals surface area contributed by atoms with Crippen LogP contribution in [0.3, 0.4) is 0 Å². The van der Waals surface area contributed by atoms with Crippen molar-refractivity contribution in [3.63, 3.8) is 0 Å². The van der Waals surface area contributed by atoms with Crippen LogP contribution < -0.4 is 0 Å². The second kappa shape index (κ2) is 5.96. The maximum atomic E-state index is 3.99. The summed E-state index contributed by atoms with van der Waals surface area (Å²) in [6, 6.07) is 0. The molecular formula is C8H14S. The first-order valence-electron chi connectivity index (χ1n) is 3.31. The molecule has 0 bridgehead atoms. The predicted molar refractivity (Wildman–Crippen MR) is 46.8 cm³/mol. The van der Waals surface area contributed by atoms with Crippen molar-refractivity contribution < 1.29 is 0 Å². The number of hydrogen-bond donors (Lipinski definition) is 1. The molecule has 0 saturated carbocycles. The second-order valence-corrected chi connectivity index (χ2v) is 2.23. The Morgan fingerprint density at radius 3 is 2.56 bits per heavy atom. The summed E-state index contributed by atoms with van der Waals surface area (Å²) in [5.41, 5.74) is 1.37. The van der Waals surface area contributed by atoms with Crippen LogP contribution in [0, 0.1) is 0 Å². The Labute approximate surface area is 63.1 Å².